The van der Waals surface area contributed by atoms with Crippen LogP contribution in [0.5, 0.6) is 0 Å². The number of nitriles is 1. The Kier molecular flexibility index (Phi) is 5.43. The molecular weight excluding hydrogens is 297 g/mol. The molecule has 0 atom stereocenters. The molecule has 1 saturated carbocycles. The molecule has 0 unspecified atom stereocenters. The molecule has 3 rings (SSSR count). The molecule has 1 nitrogen and oxygen atoms in total. The van der Waals surface area contributed by atoms with E-state index in [9.17, 15) is 4.39 Å². The quantitative estimate of drug-likeness (QED) is 0.642. The van der Waals surface area contributed by atoms with Crippen LogP contribution in [0.15, 0.2) is 60.9 Å². The molecule has 1 aliphatic carbocycles. The zero-order valence-electron chi connectivity index (χ0n) is 13.8. The summed E-state index contributed by atoms with van der Waals surface area (Å²) in [6.07, 6.45) is 7.97. The van der Waals surface area contributed by atoms with E-state index < -0.39 is 0 Å². The maximum Gasteiger partial charge on any atom is 0.0991 e. The van der Waals surface area contributed by atoms with E-state index in [1.807, 2.05) is 24.3 Å². The first-order valence-corrected chi connectivity index (χ1v) is 8.66. The van der Waals surface area contributed by atoms with Crippen LogP contribution in [0, 0.1) is 17.2 Å². The van der Waals surface area contributed by atoms with Crippen LogP contribution < -0.4 is 0 Å². The Morgan fingerprint density at radius 2 is 1.50 bits per heavy atom. The average Bonchev–Trinajstić information content (AvgIpc) is 2.67. The number of hydrogen-bond donors (Lipinski definition) is 0. The lowest BCUT2D eigenvalue weighted by atomic mass is 9.77. The Morgan fingerprint density at radius 3 is 2.04 bits per heavy atom. The van der Waals surface area contributed by atoms with Crippen LogP contribution >= 0.6 is 0 Å². The van der Waals surface area contributed by atoms with Gasteiger partial charge in [0, 0.05) is 0 Å². The molecule has 0 heterocycles. The van der Waals surface area contributed by atoms with E-state index in [0.29, 0.717) is 23.7 Å². The van der Waals surface area contributed by atoms with Crippen molar-refractivity contribution >= 4 is 0 Å². The third-order valence-corrected chi connectivity index (χ3v) is 5.13. The highest BCUT2D eigenvalue weighted by molar-refractivity contribution is 5.64. The molecule has 2 heteroatoms. The normalized spacial score (nSPS) is 20.8. The number of hydrogen-bond acceptors (Lipinski definition) is 1. The predicted molar refractivity (Wildman–Crippen MR) is 96.2 cm³/mol. The summed E-state index contributed by atoms with van der Waals surface area (Å²) in [4.78, 5) is 0. The van der Waals surface area contributed by atoms with Gasteiger partial charge in [-0.15, -0.1) is 0 Å². The lowest BCUT2D eigenvalue weighted by Crippen LogP contribution is -2.12. The zero-order valence-corrected chi connectivity index (χ0v) is 13.8. The van der Waals surface area contributed by atoms with Crippen molar-refractivity contribution in [2.45, 2.75) is 38.0 Å². The first kappa shape index (κ1) is 16.5. The van der Waals surface area contributed by atoms with Crippen molar-refractivity contribution in [2.24, 2.45) is 5.92 Å². The molecule has 24 heavy (non-hydrogen) atoms. The van der Waals surface area contributed by atoms with Gasteiger partial charge in [0.2, 0.25) is 0 Å². The number of nitrogens with zero attached hydrogens (tertiary/aromatic N) is 1. The molecule has 0 N–H and O–H groups in total. The summed E-state index contributed by atoms with van der Waals surface area (Å²) in [7, 11) is 0. The van der Waals surface area contributed by atoms with Crippen LogP contribution in [0.3, 0.4) is 0 Å². The van der Waals surface area contributed by atoms with Gasteiger partial charge < -0.3 is 0 Å². The molecule has 0 spiro atoms. The van der Waals surface area contributed by atoms with Gasteiger partial charge >= 0.3 is 0 Å². The average molecular weight is 319 g/mol. The van der Waals surface area contributed by atoms with E-state index in [4.69, 9.17) is 5.26 Å². The molecule has 0 bridgehead atoms. The van der Waals surface area contributed by atoms with Crippen LogP contribution in [0.1, 0.15) is 49.1 Å². The van der Waals surface area contributed by atoms with Crippen LogP contribution in [-0.4, -0.2) is 0 Å². The molecule has 2 aromatic rings. The summed E-state index contributed by atoms with van der Waals surface area (Å²) in [5, 5.41) is 8.87. The maximum atomic E-state index is 12.1. The number of allylic oxidation sites excluding steroid dienone is 1. The Balaban J connectivity index is 1.63. The van der Waals surface area contributed by atoms with Crippen LogP contribution in [-0.2, 0) is 0 Å². The van der Waals surface area contributed by atoms with Gasteiger partial charge in [-0.3, -0.25) is 0 Å². The number of rotatable bonds is 4. The predicted octanol–water partition coefficient (Wildman–Crippen LogP) is 6.37. The lowest BCUT2D eigenvalue weighted by Gasteiger charge is -2.28. The molecule has 2 aromatic carbocycles. The Hall–Kier alpha value is -2.40. The first-order valence-electron chi connectivity index (χ1n) is 8.66. The van der Waals surface area contributed by atoms with Gasteiger partial charge in [0.1, 0.15) is 0 Å². The highest BCUT2D eigenvalue weighted by Gasteiger charge is 2.21. The molecule has 0 aromatic heterocycles. The van der Waals surface area contributed by atoms with Gasteiger partial charge in [-0.25, -0.2) is 4.39 Å². The van der Waals surface area contributed by atoms with Crippen molar-refractivity contribution in [3.8, 4) is 17.2 Å². The minimum atomic E-state index is 0.630. The fraction of sp³-hybridized carbons (Fsp3) is 0.318. The zero-order chi connectivity index (χ0) is 16.8. The lowest BCUT2D eigenvalue weighted by molar-refractivity contribution is 0.327. The summed E-state index contributed by atoms with van der Waals surface area (Å²) in [6.45, 7) is 0. The molecule has 122 valence electrons. The van der Waals surface area contributed by atoms with Crippen molar-refractivity contribution in [1.29, 1.82) is 5.26 Å². The summed E-state index contributed by atoms with van der Waals surface area (Å²) < 4.78 is 12.1. The van der Waals surface area contributed by atoms with Crippen LogP contribution in [0.4, 0.5) is 4.39 Å². The topological polar surface area (TPSA) is 23.8 Å². The summed E-state index contributed by atoms with van der Waals surface area (Å²) in [6, 6.07) is 18.7. The second-order valence-electron chi connectivity index (χ2n) is 6.63. The summed E-state index contributed by atoms with van der Waals surface area (Å²) >= 11 is 0. The Labute approximate surface area is 143 Å². The molecule has 0 saturated heterocycles. The van der Waals surface area contributed by atoms with E-state index >= 15 is 0 Å². The van der Waals surface area contributed by atoms with E-state index in [1.165, 1.54) is 36.8 Å². The molecule has 0 aliphatic heterocycles. The van der Waals surface area contributed by atoms with Gasteiger partial charge in [-0.1, -0.05) is 42.5 Å². The highest BCUT2D eigenvalue weighted by atomic mass is 19.1. The minimum Gasteiger partial charge on any atom is -0.216 e. The van der Waals surface area contributed by atoms with Crippen molar-refractivity contribution in [1.82, 2.24) is 0 Å². The van der Waals surface area contributed by atoms with Gasteiger partial charge in [0.25, 0.3) is 0 Å². The van der Waals surface area contributed by atoms with Gasteiger partial charge in [-0.2, -0.15) is 5.26 Å². The van der Waals surface area contributed by atoms with Gasteiger partial charge in [0.05, 0.1) is 18.0 Å². The second-order valence-corrected chi connectivity index (χ2v) is 6.63. The molecule has 0 radical (unpaired) electrons. The largest absolute Gasteiger partial charge is 0.216 e. The third-order valence-electron chi connectivity index (χ3n) is 5.13. The van der Waals surface area contributed by atoms with E-state index in [0.717, 1.165) is 12.0 Å². The van der Waals surface area contributed by atoms with Crippen molar-refractivity contribution in [2.75, 3.05) is 0 Å². The first-order chi connectivity index (χ1) is 11.8. The van der Waals surface area contributed by atoms with Crippen molar-refractivity contribution < 1.29 is 4.39 Å². The third kappa shape index (κ3) is 3.92. The Bertz CT molecular complexity index is 714. The second kappa shape index (κ2) is 7.93. The minimum absolute atomic E-state index is 0.630. The van der Waals surface area contributed by atoms with E-state index in [2.05, 4.69) is 30.3 Å². The number of halogens is 1. The van der Waals surface area contributed by atoms with Crippen molar-refractivity contribution in [3.05, 3.63) is 72.1 Å². The molecular formula is C22H22FN. The highest BCUT2D eigenvalue weighted by Crippen LogP contribution is 2.37. The molecule has 1 aliphatic rings. The van der Waals surface area contributed by atoms with E-state index in [1.54, 1.807) is 6.08 Å². The molecule has 0 amide bonds. The van der Waals surface area contributed by atoms with Crippen LogP contribution in [0.25, 0.3) is 11.1 Å². The number of benzene rings is 2. The van der Waals surface area contributed by atoms with Crippen molar-refractivity contribution in [3.63, 3.8) is 0 Å². The van der Waals surface area contributed by atoms with Crippen LogP contribution in [0.2, 0.25) is 0 Å². The Morgan fingerprint density at radius 1 is 0.917 bits per heavy atom. The van der Waals surface area contributed by atoms with Gasteiger partial charge in [-0.05, 0) is 72.8 Å². The SMILES string of the molecule is N#Cc1ccc(-c2ccc(C3CCC(C/C=C/F)CC3)cc2)cc1. The van der Waals surface area contributed by atoms with E-state index in [-0.39, 0.29) is 0 Å². The summed E-state index contributed by atoms with van der Waals surface area (Å²) in [5.41, 5.74) is 4.42. The standard InChI is InChI=1S/C22H22FN/c23-15-1-2-17-3-7-19(8-4-17)21-11-13-22(14-12-21)20-9-5-18(16-24)6-10-20/h1,5-6,9-15,17,19H,2-4,7-8H2/b15-1+. The fourth-order valence-electron chi connectivity index (χ4n) is 3.66. The monoisotopic (exact) mass is 319 g/mol. The summed E-state index contributed by atoms with van der Waals surface area (Å²) in [5.74, 6) is 1.27. The smallest absolute Gasteiger partial charge is 0.0991 e. The molecule has 1 fully saturated rings. The fourth-order valence-corrected chi connectivity index (χ4v) is 3.66. The maximum absolute atomic E-state index is 12.1. The van der Waals surface area contributed by atoms with Gasteiger partial charge in [0.15, 0.2) is 0 Å².